The van der Waals surface area contributed by atoms with Gasteiger partial charge in [0.25, 0.3) is 0 Å². The first-order chi connectivity index (χ1) is 14.5. The molecule has 0 aliphatic carbocycles. The molecule has 30 heavy (non-hydrogen) atoms. The summed E-state index contributed by atoms with van der Waals surface area (Å²) in [7, 11) is 0. The summed E-state index contributed by atoms with van der Waals surface area (Å²) in [6.45, 7) is 4.78. The summed E-state index contributed by atoms with van der Waals surface area (Å²) < 4.78 is 16.6. The molecule has 0 atom stereocenters. The van der Waals surface area contributed by atoms with E-state index in [4.69, 9.17) is 11.6 Å². The van der Waals surface area contributed by atoms with Gasteiger partial charge in [-0.3, -0.25) is 9.48 Å². The van der Waals surface area contributed by atoms with Crippen molar-refractivity contribution in [3.8, 4) is 11.1 Å². The number of amides is 1. The minimum atomic E-state index is -0.294. The number of nitrogens with zero attached hydrogens (tertiary/aromatic N) is 5. The van der Waals surface area contributed by atoms with Crippen molar-refractivity contribution in [2.75, 3.05) is 0 Å². The van der Waals surface area contributed by atoms with Gasteiger partial charge in [0.2, 0.25) is 5.91 Å². The summed E-state index contributed by atoms with van der Waals surface area (Å²) in [6, 6.07) is 8.13. The predicted octanol–water partition coefficient (Wildman–Crippen LogP) is 3.73. The summed E-state index contributed by atoms with van der Waals surface area (Å²) in [5.41, 5.74) is 3.85. The van der Waals surface area contributed by atoms with Crippen LogP contribution in [0, 0.1) is 12.7 Å². The Morgan fingerprint density at radius 2 is 1.97 bits per heavy atom. The van der Waals surface area contributed by atoms with E-state index in [1.165, 1.54) is 12.1 Å². The number of hydrogen-bond donors (Lipinski definition) is 1. The number of benzene rings is 1. The number of aromatic nitrogens is 5. The standard InChI is InChI=1S/C21H20ClFN6O/c1-3-28-18(17(22)10-26-28)11-25-19(30)12-29-21-20(13(2)27-29)16(8-9-24-21)14-4-6-15(23)7-5-14/h4-10H,3,11-12H2,1-2H3,(H,25,30). The van der Waals surface area contributed by atoms with Crippen LogP contribution in [0.15, 0.2) is 42.7 Å². The quantitative estimate of drug-likeness (QED) is 0.509. The molecular weight excluding hydrogens is 407 g/mol. The maximum atomic E-state index is 13.3. The maximum absolute atomic E-state index is 13.3. The van der Waals surface area contributed by atoms with E-state index in [-0.39, 0.29) is 24.8 Å². The van der Waals surface area contributed by atoms with Crippen molar-refractivity contribution in [1.29, 1.82) is 0 Å². The summed E-state index contributed by atoms with van der Waals surface area (Å²) in [6.07, 6.45) is 3.23. The fourth-order valence-electron chi connectivity index (χ4n) is 3.47. The molecule has 1 amide bonds. The van der Waals surface area contributed by atoms with Gasteiger partial charge in [-0.2, -0.15) is 10.2 Å². The van der Waals surface area contributed by atoms with E-state index in [0.717, 1.165) is 27.9 Å². The van der Waals surface area contributed by atoms with Gasteiger partial charge < -0.3 is 5.32 Å². The van der Waals surface area contributed by atoms with E-state index in [1.54, 1.807) is 33.9 Å². The molecular formula is C21H20ClFN6O. The summed E-state index contributed by atoms with van der Waals surface area (Å²) in [5.74, 6) is -0.508. The second-order valence-corrected chi connectivity index (χ2v) is 7.25. The first kappa shape index (κ1) is 20.0. The third-order valence-corrected chi connectivity index (χ3v) is 5.22. The molecule has 9 heteroatoms. The highest BCUT2D eigenvalue weighted by Gasteiger charge is 2.16. The topological polar surface area (TPSA) is 77.6 Å². The van der Waals surface area contributed by atoms with Crippen LogP contribution in [0.4, 0.5) is 4.39 Å². The molecule has 0 saturated carbocycles. The molecule has 0 aliphatic heterocycles. The Kier molecular flexibility index (Phi) is 5.50. The lowest BCUT2D eigenvalue weighted by Gasteiger charge is -2.08. The number of fused-ring (bicyclic) bond motifs is 1. The number of carbonyl (C=O) groups excluding carboxylic acids is 1. The fraction of sp³-hybridized carbons (Fsp3) is 0.238. The second-order valence-electron chi connectivity index (χ2n) is 6.84. The van der Waals surface area contributed by atoms with Crippen LogP contribution in [-0.4, -0.2) is 30.5 Å². The van der Waals surface area contributed by atoms with E-state index in [1.807, 2.05) is 19.9 Å². The number of hydrogen-bond acceptors (Lipinski definition) is 4. The first-order valence-electron chi connectivity index (χ1n) is 9.53. The highest BCUT2D eigenvalue weighted by molar-refractivity contribution is 6.31. The Balaban J connectivity index is 1.58. The van der Waals surface area contributed by atoms with Crippen LogP contribution in [-0.2, 0) is 24.4 Å². The van der Waals surface area contributed by atoms with Gasteiger partial charge in [-0.15, -0.1) is 0 Å². The minimum absolute atomic E-state index is 0.0160. The smallest absolute Gasteiger partial charge is 0.242 e. The minimum Gasteiger partial charge on any atom is -0.349 e. The van der Waals surface area contributed by atoms with E-state index < -0.39 is 0 Å². The van der Waals surface area contributed by atoms with E-state index in [0.29, 0.717) is 17.2 Å². The van der Waals surface area contributed by atoms with Gasteiger partial charge in [-0.05, 0) is 43.2 Å². The number of rotatable bonds is 6. The molecule has 0 bridgehead atoms. The molecule has 0 aliphatic rings. The van der Waals surface area contributed by atoms with Crippen molar-refractivity contribution in [3.05, 3.63) is 65.0 Å². The molecule has 4 rings (SSSR count). The zero-order valence-electron chi connectivity index (χ0n) is 16.6. The van der Waals surface area contributed by atoms with Crippen molar-refractivity contribution in [3.63, 3.8) is 0 Å². The lowest BCUT2D eigenvalue weighted by Crippen LogP contribution is -2.28. The van der Waals surface area contributed by atoms with Gasteiger partial charge in [0.05, 0.1) is 29.2 Å². The Bertz CT molecular complexity index is 1210. The Labute approximate surface area is 177 Å². The first-order valence-corrected chi connectivity index (χ1v) is 9.90. The molecule has 0 unspecified atom stereocenters. The van der Waals surface area contributed by atoms with Crippen LogP contribution in [0.2, 0.25) is 5.02 Å². The predicted molar refractivity (Wildman–Crippen MR) is 112 cm³/mol. The Morgan fingerprint density at radius 1 is 1.20 bits per heavy atom. The van der Waals surface area contributed by atoms with Gasteiger partial charge in [0, 0.05) is 18.1 Å². The van der Waals surface area contributed by atoms with Crippen molar-refractivity contribution in [1.82, 2.24) is 29.9 Å². The molecule has 1 aromatic carbocycles. The molecule has 4 aromatic rings. The van der Waals surface area contributed by atoms with Crippen LogP contribution in [0.1, 0.15) is 18.3 Å². The zero-order valence-corrected chi connectivity index (χ0v) is 17.3. The van der Waals surface area contributed by atoms with Gasteiger partial charge >= 0.3 is 0 Å². The lowest BCUT2D eigenvalue weighted by atomic mass is 10.0. The molecule has 0 saturated heterocycles. The van der Waals surface area contributed by atoms with Crippen LogP contribution < -0.4 is 5.32 Å². The molecule has 0 fully saturated rings. The van der Waals surface area contributed by atoms with Crippen molar-refractivity contribution in [2.45, 2.75) is 33.5 Å². The average Bonchev–Trinajstić information content (AvgIpc) is 3.26. The van der Waals surface area contributed by atoms with Gasteiger partial charge in [0.1, 0.15) is 12.4 Å². The second kappa shape index (κ2) is 8.23. The van der Waals surface area contributed by atoms with Crippen molar-refractivity contribution < 1.29 is 9.18 Å². The summed E-state index contributed by atoms with van der Waals surface area (Å²) in [4.78, 5) is 17.0. The highest BCUT2D eigenvalue weighted by atomic mass is 35.5. The Morgan fingerprint density at radius 3 is 2.70 bits per heavy atom. The molecule has 0 radical (unpaired) electrons. The van der Waals surface area contributed by atoms with Crippen LogP contribution in [0.3, 0.4) is 0 Å². The number of carbonyl (C=O) groups is 1. The summed E-state index contributed by atoms with van der Waals surface area (Å²) >= 11 is 6.15. The van der Waals surface area contributed by atoms with Gasteiger partial charge in [-0.25, -0.2) is 14.1 Å². The molecule has 1 N–H and O–H groups in total. The van der Waals surface area contributed by atoms with Crippen molar-refractivity contribution >= 4 is 28.5 Å². The Hall–Kier alpha value is -3.26. The molecule has 3 heterocycles. The largest absolute Gasteiger partial charge is 0.349 e. The van der Waals surface area contributed by atoms with Gasteiger partial charge in [0.15, 0.2) is 5.65 Å². The normalized spacial score (nSPS) is 11.2. The maximum Gasteiger partial charge on any atom is 0.242 e. The average molecular weight is 427 g/mol. The number of pyridine rings is 1. The van der Waals surface area contributed by atoms with Crippen molar-refractivity contribution in [2.24, 2.45) is 0 Å². The summed E-state index contributed by atoms with van der Waals surface area (Å²) in [5, 5.41) is 12.9. The molecule has 3 aromatic heterocycles. The third-order valence-electron chi connectivity index (χ3n) is 4.91. The van der Waals surface area contributed by atoms with E-state index in [9.17, 15) is 9.18 Å². The highest BCUT2D eigenvalue weighted by Crippen LogP contribution is 2.29. The lowest BCUT2D eigenvalue weighted by molar-refractivity contribution is -0.122. The molecule has 0 spiro atoms. The fourth-order valence-corrected chi connectivity index (χ4v) is 3.68. The number of aryl methyl sites for hydroxylation is 2. The SMILES string of the molecule is CCn1ncc(Cl)c1CNC(=O)Cn1nc(C)c2c(-c3ccc(F)cc3)ccnc21. The van der Waals surface area contributed by atoms with Crippen LogP contribution in [0.25, 0.3) is 22.2 Å². The third kappa shape index (κ3) is 3.78. The molecule has 7 nitrogen and oxygen atoms in total. The van der Waals surface area contributed by atoms with Gasteiger partial charge in [-0.1, -0.05) is 23.7 Å². The zero-order chi connectivity index (χ0) is 21.3. The number of halogens is 2. The van der Waals surface area contributed by atoms with Crippen LogP contribution in [0.5, 0.6) is 0 Å². The number of nitrogens with one attached hydrogen (secondary N) is 1. The molecule has 154 valence electrons. The van der Waals surface area contributed by atoms with E-state index in [2.05, 4.69) is 20.5 Å². The van der Waals surface area contributed by atoms with Crippen LogP contribution >= 0.6 is 11.6 Å². The monoisotopic (exact) mass is 426 g/mol. The van der Waals surface area contributed by atoms with E-state index >= 15 is 0 Å².